The smallest absolute Gasteiger partial charge is 0.453 e. The van der Waals surface area contributed by atoms with Crippen molar-refractivity contribution < 1.29 is 101 Å². The van der Waals surface area contributed by atoms with E-state index in [-0.39, 0.29) is 0 Å². The molecule has 1 unspecified atom stereocenters. The molecule has 3 rings (SSSR count). The number of hydrogen-bond donors (Lipinski definition) is 18. The number of nitrogens with one attached hydrogen (secondary N) is 1. The Morgan fingerprint density at radius 3 is 1.71 bits per heavy atom. The fourth-order valence-electron chi connectivity index (χ4n) is 3.90. The van der Waals surface area contributed by atoms with Gasteiger partial charge in [-0.25, -0.2) is 5.32 Å². The molecule has 0 amide bonds. The van der Waals surface area contributed by atoms with E-state index in [0.717, 1.165) is 0 Å². The van der Waals surface area contributed by atoms with E-state index in [0.29, 0.717) is 0 Å². The molecule has 1 aliphatic heterocycles. The van der Waals surface area contributed by atoms with Crippen LogP contribution in [-0.4, -0.2) is 141 Å². The van der Waals surface area contributed by atoms with Gasteiger partial charge in [0.15, 0.2) is 17.1 Å². The van der Waals surface area contributed by atoms with E-state index < -0.39 is 101 Å². The molecule has 38 heavy (non-hydrogen) atoms. The highest BCUT2D eigenvalue weighted by Crippen LogP contribution is 2.59. The number of phenolic OH excluding ortho intramolecular Hbond substituents is 3. The van der Waals surface area contributed by atoms with Gasteiger partial charge in [0.25, 0.3) is 29.1 Å². The minimum atomic E-state index is -4.69. The lowest BCUT2D eigenvalue weighted by molar-refractivity contribution is -0.452. The predicted molar refractivity (Wildman–Crippen MR) is 104 cm³/mol. The number of hydrogen-bond acceptors (Lipinski definition) is 21. The molecule has 21 nitrogen and oxygen atoms in total. The van der Waals surface area contributed by atoms with Crippen LogP contribution < -0.4 is 14.8 Å². The van der Waals surface area contributed by atoms with Crippen molar-refractivity contribution in [3.8, 4) is 28.7 Å². The molecule has 0 aromatic heterocycles. The van der Waals surface area contributed by atoms with E-state index in [4.69, 9.17) is 20.1 Å². The van der Waals surface area contributed by atoms with Crippen molar-refractivity contribution in [2.45, 2.75) is 53.3 Å². The van der Waals surface area contributed by atoms with Crippen molar-refractivity contribution in [2.24, 2.45) is 0 Å². The summed E-state index contributed by atoms with van der Waals surface area (Å²) in [6.45, 7) is -1.21. The SMILES string of the molecule is Oc1c(O)c(C2(O)CCOCNC2(O)O)c(O)c(OC2C(O)(O)C(O)(O)C(O)(O)C2(O)O)c1OC(O)(O)O. The van der Waals surface area contributed by atoms with Crippen LogP contribution >= 0.6 is 0 Å². The lowest BCUT2D eigenvalue weighted by atomic mass is 9.84. The van der Waals surface area contributed by atoms with Gasteiger partial charge in [0.05, 0.1) is 12.2 Å². The summed E-state index contributed by atoms with van der Waals surface area (Å²) in [5, 5.41) is 172. The molecular weight excluding hydrogens is 538 g/mol. The summed E-state index contributed by atoms with van der Waals surface area (Å²) in [6.07, 6.45) is -8.85. The minimum Gasteiger partial charge on any atom is -0.504 e. The van der Waals surface area contributed by atoms with Crippen molar-refractivity contribution in [2.75, 3.05) is 13.3 Å². The van der Waals surface area contributed by atoms with Crippen LogP contribution in [0.4, 0.5) is 0 Å². The molecule has 21 heteroatoms. The van der Waals surface area contributed by atoms with Crippen LogP contribution in [-0.2, 0) is 10.3 Å². The molecule has 1 saturated heterocycles. The quantitative estimate of drug-likeness (QED) is 0.0897. The molecule has 1 heterocycles. The van der Waals surface area contributed by atoms with Crippen molar-refractivity contribution in [3.05, 3.63) is 5.56 Å². The number of benzene rings is 1. The van der Waals surface area contributed by atoms with E-state index in [1.54, 1.807) is 0 Å². The van der Waals surface area contributed by atoms with Crippen LogP contribution in [0, 0.1) is 0 Å². The molecule has 0 spiro atoms. The summed E-state index contributed by atoms with van der Waals surface area (Å²) in [4.78, 5) is 0. The zero-order valence-corrected chi connectivity index (χ0v) is 18.5. The molecule has 218 valence electrons. The van der Waals surface area contributed by atoms with E-state index in [2.05, 4.69) is 9.47 Å². The Morgan fingerprint density at radius 1 is 0.737 bits per heavy atom. The second kappa shape index (κ2) is 8.54. The van der Waals surface area contributed by atoms with Gasteiger partial charge in [0.2, 0.25) is 23.4 Å². The summed E-state index contributed by atoms with van der Waals surface area (Å²) in [6, 6.07) is 0. The van der Waals surface area contributed by atoms with Gasteiger partial charge in [-0.3, -0.25) is 0 Å². The van der Waals surface area contributed by atoms with E-state index >= 15 is 0 Å². The van der Waals surface area contributed by atoms with Gasteiger partial charge in [-0.1, -0.05) is 0 Å². The van der Waals surface area contributed by atoms with Crippen LogP contribution in [0.1, 0.15) is 12.0 Å². The van der Waals surface area contributed by atoms with Crippen molar-refractivity contribution >= 4 is 0 Å². The number of aromatic hydroxyl groups is 3. The van der Waals surface area contributed by atoms with Crippen LogP contribution in [0.25, 0.3) is 0 Å². The highest BCUT2D eigenvalue weighted by atomic mass is 16.9. The maximum atomic E-state index is 11.0. The molecule has 18 N–H and O–H groups in total. The maximum absolute atomic E-state index is 11.0. The highest BCUT2D eigenvalue weighted by molar-refractivity contribution is 5.70. The Kier molecular flexibility index (Phi) is 6.77. The molecule has 0 bridgehead atoms. The van der Waals surface area contributed by atoms with Crippen LogP contribution in [0.2, 0.25) is 0 Å². The third kappa shape index (κ3) is 3.98. The molecular formula is C17H25NO20. The first-order valence-electron chi connectivity index (χ1n) is 10.0. The van der Waals surface area contributed by atoms with Gasteiger partial charge >= 0.3 is 6.16 Å². The van der Waals surface area contributed by atoms with Crippen molar-refractivity contribution in [3.63, 3.8) is 0 Å². The number of rotatable bonds is 5. The zero-order valence-electron chi connectivity index (χ0n) is 18.5. The molecule has 1 aromatic carbocycles. The summed E-state index contributed by atoms with van der Waals surface area (Å²) < 4.78 is 13.6. The topological polar surface area (TPSA) is 384 Å². The fourth-order valence-corrected chi connectivity index (χ4v) is 3.90. The van der Waals surface area contributed by atoms with Crippen molar-refractivity contribution in [1.29, 1.82) is 0 Å². The van der Waals surface area contributed by atoms with Crippen LogP contribution in [0.5, 0.6) is 28.7 Å². The third-order valence-corrected chi connectivity index (χ3v) is 6.07. The highest BCUT2D eigenvalue weighted by Gasteiger charge is 2.85. The molecule has 1 aromatic rings. The average molecular weight is 563 g/mol. The Bertz CT molecular complexity index is 1070. The fraction of sp³-hybridized carbons (Fsp3) is 0.647. The molecule has 1 aliphatic carbocycles. The molecule has 2 aliphatic rings. The molecule has 2 fully saturated rings. The monoisotopic (exact) mass is 563 g/mol. The molecule has 1 atom stereocenters. The zero-order chi connectivity index (χ0) is 29.5. The standard InChI is InChI=1S/C17H25NO20/c19-5-4(11(22)1-2-36-3-18-16(11,31)32)6(20)8(9(7(5)21)38-17(33,34)35)37-10-12(23,24)14(27,28)15(29,30)13(10,25)26/h10,18-35H,1-3H2. The number of aliphatic hydroxyl groups is 14. The van der Waals surface area contributed by atoms with E-state index in [9.17, 15) is 71.5 Å². The number of ether oxygens (including phenoxy) is 3. The van der Waals surface area contributed by atoms with Crippen molar-refractivity contribution in [1.82, 2.24) is 5.32 Å². The first kappa shape index (κ1) is 30.1. The van der Waals surface area contributed by atoms with Crippen LogP contribution in [0.3, 0.4) is 0 Å². The maximum Gasteiger partial charge on any atom is 0.453 e. The summed E-state index contributed by atoms with van der Waals surface area (Å²) in [7, 11) is 0. The first-order valence-corrected chi connectivity index (χ1v) is 10.0. The normalized spacial score (nSPS) is 28.1. The van der Waals surface area contributed by atoms with Gasteiger partial charge < -0.3 is 101 Å². The Hall–Kier alpha value is -2.42. The van der Waals surface area contributed by atoms with E-state index in [1.165, 1.54) is 0 Å². The third-order valence-electron chi connectivity index (χ3n) is 6.07. The van der Waals surface area contributed by atoms with Crippen LogP contribution in [0.15, 0.2) is 0 Å². The van der Waals surface area contributed by atoms with E-state index in [1.807, 2.05) is 5.32 Å². The Morgan fingerprint density at radius 2 is 1.24 bits per heavy atom. The van der Waals surface area contributed by atoms with Gasteiger partial charge in [0.1, 0.15) is 6.73 Å². The lowest BCUT2D eigenvalue weighted by Gasteiger charge is -2.39. The molecule has 0 radical (unpaired) electrons. The second-order valence-electron chi connectivity index (χ2n) is 8.56. The predicted octanol–water partition coefficient (Wildman–Crippen LogP) is -8.95. The van der Waals surface area contributed by atoms with Gasteiger partial charge in [0, 0.05) is 6.42 Å². The largest absolute Gasteiger partial charge is 0.504 e. The molecule has 1 saturated carbocycles. The number of phenols is 3. The van der Waals surface area contributed by atoms with Gasteiger partial charge in [-0.15, -0.1) is 0 Å². The average Bonchev–Trinajstić information content (AvgIpc) is 2.84. The summed E-state index contributed by atoms with van der Waals surface area (Å²) >= 11 is 0. The summed E-state index contributed by atoms with van der Waals surface area (Å²) in [5.74, 6) is -31.3. The minimum absolute atomic E-state index is 0.558. The summed E-state index contributed by atoms with van der Waals surface area (Å²) in [5.41, 5.74) is -4.88. The Labute approximate surface area is 208 Å². The van der Waals surface area contributed by atoms with Gasteiger partial charge in [-0.2, -0.15) is 0 Å². The second-order valence-corrected chi connectivity index (χ2v) is 8.56. The first-order chi connectivity index (χ1) is 16.9. The lowest BCUT2D eigenvalue weighted by Crippen LogP contribution is -2.66. The van der Waals surface area contributed by atoms with Gasteiger partial charge in [-0.05, 0) is 0 Å². The Balaban J connectivity index is 2.36.